The maximum absolute atomic E-state index is 6.28. The molecule has 5 heteroatoms. The number of halogens is 1. The van der Waals surface area contributed by atoms with Gasteiger partial charge in [0.05, 0.1) is 27.8 Å². The molecule has 134 valence electrons. The van der Waals surface area contributed by atoms with E-state index in [4.69, 9.17) is 21.1 Å². The van der Waals surface area contributed by atoms with Gasteiger partial charge in [-0.25, -0.2) is 4.59 Å². The van der Waals surface area contributed by atoms with Gasteiger partial charge in [0.2, 0.25) is 0 Å². The monoisotopic (exact) mass is 361 g/mol. The van der Waals surface area contributed by atoms with E-state index in [0.29, 0.717) is 11.1 Å². The Labute approximate surface area is 154 Å². The van der Waals surface area contributed by atoms with E-state index in [-0.39, 0.29) is 0 Å². The summed E-state index contributed by atoms with van der Waals surface area (Å²) in [6.07, 6.45) is 3.49. The Hall–Kier alpha value is -1.75. The van der Waals surface area contributed by atoms with Crippen molar-refractivity contribution in [3.05, 3.63) is 52.5 Å². The maximum Gasteiger partial charge on any atom is 0.156 e. The van der Waals surface area contributed by atoms with Crippen LogP contribution in [0.1, 0.15) is 24.0 Å². The molecule has 0 spiro atoms. The first-order valence-electron chi connectivity index (χ1n) is 8.66. The topological polar surface area (TPSA) is 30.5 Å². The zero-order chi connectivity index (χ0) is 17.9. The first kappa shape index (κ1) is 18.1. The molecule has 0 aliphatic carbocycles. The van der Waals surface area contributed by atoms with Crippen LogP contribution in [0.2, 0.25) is 5.02 Å². The number of methoxy groups -OCH3 is 2. The van der Waals surface area contributed by atoms with Gasteiger partial charge in [0.15, 0.2) is 5.69 Å². The van der Waals surface area contributed by atoms with E-state index < -0.39 is 0 Å². The Balaban J connectivity index is 1.86. The molecular weight excluding hydrogens is 336 g/mol. The highest BCUT2D eigenvalue weighted by Gasteiger charge is 2.30. The first-order chi connectivity index (χ1) is 12.1. The summed E-state index contributed by atoms with van der Waals surface area (Å²) >= 11 is 6.28. The van der Waals surface area contributed by atoms with Crippen molar-refractivity contribution in [2.45, 2.75) is 25.8 Å². The fourth-order valence-corrected chi connectivity index (χ4v) is 3.66. The summed E-state index contributed by atoms with van der Waals surface area (Å²) in [4.78, 5) is 0. The molecule has 1 atom stereocenters. The number of nitrogens with one attached hydrogen (secondary N) is 1. The summed E-state index contributed by atoms with van der Waals surface area (Å²) in [5.74, 6) is 1.63. The molecule has 1 aliphatic heterocycles. The molecule has 2 aromatic carbocycles. The Morgan fingerprint density at radius 3 is 2.68 bits per heavy atom. The molecule has 25 heavy (non-hydrogen) atoms. The van der Waals surface area contributed by atoms with Gasteiger partial charge in [-0.3, -0.25) is 0 Å². The first-order valence-corrected chi connectivity index (χ1v) is 9.04. The lowest BCUT2D eigenvalue weighted by Crippen LogP contribution is -2.56. The second kappa shape index (κ2) is 7.65. The highest BCUT2D eigenvalue weighted by atomic mass is 35.5. The van der Waals surface area contributed by atoms with E-state index >= 15 is 0 Å². The number of fused-ring (bicyclic) bond motifs is 1. The molecule has 2 aromatic rings. The van der Waals surface area contributed by atoms with E-state index in [1.807, 2.05) is 24.3 Å². The molecule has 1 aliphatic rings. The number of aryl methyl sites for hydroxylation is 1. The zero-order valence-electron chi connectivity index (χ0n) is 15.1. The van der Waals surface area contributed by atoms with E-state index in [2.05, 4.69) is 24.6 Å². The second-order valence-electron chi connectivity index (χ2n) is 6.66. The third-order valence-electron chi connectivity index (χ3n) is 4.99. The molecule has 0 aromatic heterocycles. The molecule has 0 amide bonds. The van der Waals surface area contributed by atoms with Crippen LogP contribution in [0.5, 0.6) is 11.5 Å². The lowest BCUT2D eigenvalue weighted by atomic mass is 10.1. The quantitative estimate of drug-likeness (QED) is 0.804. The Morgan fingerprint density at radius 2 is 1.92 bits per heavy atom. The van der Waals surface area contributed by atoms with Crippen LogP contribution < -0.4 is 19.5 Å². The standard InChI is InChI=1S/C20H26ClN2O2/c1-23(11-5-4-6-15-7-9-17(21)12-19(15)23)22-14-16-8-10-18(24-2)13-20(16)25-3/h7-10,12-13,22H,4-6,11,14H2,1-3H3/q+1. The number of rotatable bonds is 5. The summed E-state index contributed by atoms with van der Waals surface area (Å²) < 4.78 is 11.5. The van der Waals surface area contributed by atoms with Gasteiger partial charge in [0, 0.05) is 28.3 Å². The van der Waals surface area contributed by atoms with Crippen molar-refractivity contribution in [3.63, 3.8) is 0 Å². The van der Waals surface area contributed by atoms with Crippen LogP contribution in [0.25, 0.3) is 0 Å². The number of hydrogen-bond donors (Lipinski definition) is 1. The largest absolute Gasteiger partial charge is 0.497 e. The third-order valence-corrected chi connectivity index (χ3v) is 5.23. The van der Waals surface area contributed by atoms with Gasteiger partial charge in [-0.15, -0.1) is 0 Å². The zero-order valence-corrected chi connectivity index (χ0v) is 15.9. The molecule has 1 N–H and O–H groups in total. The minimum atomic E-state index is 0.672. The molecule has 1 heterocycles. The van der Waals surface area contributed by atoms with E-state index in [1.54, 1.807) is 14.2 Å². The summed E-state index contributed by atoms with van der Waals surface area (Å²) in [7, 11) is 5.57. The molecule has 0 saturated carbocycles. The van der Waals surface area contributed by atoms with Crippen molar-refractivity contribution in [2.75, 3.05) is 27.8 Å². The highest BCUT2D eigenvalue weighted by molar-refractivity contribution is 6.30. The molecular formula is C20H26ClN2O2+. The number of ether oxygens (including phenoxy) is 2. The maximum atomic E-state index is 6.28. The summed E-state index contributed by atoms with van der Waals surface area (Å²) in [6, 6.07) is 12.2. The predicted molar refractivity (Wildman–Crippen MR) is 103 cm³/mol. The van der Waals surface area contributed by atoms with Gasteiger partial charge in [-0.1, -0.05) is 23.7 Å². The Morgan fingerprint density at radius 1 is 1.08 bits per heavy atom. The summed E-state index contributed by atoms with van der Waals surface area (Å²) in [5.41, 5.74) is 7.45. The van der Waals surface area contributed by atoms with Crippen LogP contribution >= 0.6 is 11.6 Å². The molecule has 0 saturated heterocycles. The van der Waals surface area contributed by atoms with Gasteiger partial charge in [0.25, 0.3) is 0 Å². The van der Waals surface area contributed by atoms with Crippen molar-refractivity contribution in [1.29, 1.82) is 0 Å². The van der Waals surface area contributed by atoms with Crippen molar-refractivity contribution in [1.82, 2.24) is 10.0 Å². The normalized spacial score (nSPS) is 19.8. The van der Waals surface area contributed by atoms with Crippen LogP contribution in [-0.2, 0) is 13.0 Å². The van der Waals surface area contributed by atoms with Crippen LogP contribution in [-0.4, -0.2) is 27.8 Å². The molecule has 0 radical (unpaired) electrons. The molecule has 0 bridgehead atoms. The summed E-state index contributed by atoms with van der Waals surface area (Å²) in [5, 5.41) is 0.786. The predicted octanol–water partition coefficient (Wildman–Crippen LogP) is 4.34. The highest BCUT2D eigenvalue weighted by Crippen LogP contribution is 2.33. The average molecular weight is 362 g/mol. The summed E-state index contributed by atoms with van der Waals surface area (Å²) in [6.45, 7) is 1.74. The van der Waals surface area contributed by atoms with E-state index in [0.717, 1.165) is 35.1 Å². The SMILES string of the molecule is COc1ccc(CN[N+]2(C)CCCCc3ccc(Cl)cc32)c(OC)c1. The van der Waals surface area contributed by atoms with Gasteiger partial charge in [0.1, 0.15) is 18.0 Å². The van der Waals surface area contributed by atoms with Crippen molar-refractivity contribution in [3.8, 4) is 11.5 Å². The van der Waals surface area contributed by atoms with Gasteiger partial charge in [-0.05, 0) is 31.4 Å². The fourth-order valence-electron chi connectivity index (χ4n) is 3.49. The Bertz CT molecular complexity index is 750. The number of quaternary nitrogens is 1. The van der Waals surface area contributed by atoms with Gasteiger partial charge >= 0.3 is 0 Å². The number of nitrogens with zero attached hydrogens (tertiary/aromatic N) is 1. The van der Waals surface area contributed by atoms with E-state index in [9.17, 15) is 0 Å². The average Bonchev–Trinajstić information content (AvgIpc) is 2.79. The van der Waals surface area contributed by atoms with Crippen molar-refractivity contribution < 1.29 is 9.47 Å². The second-order valence-corrected chi connectivity index (χ2v) is 7.09. The third kappa shape index (κ3) is 3.92. The van der Waals surface area contributed by atoms with Crippen LogP contribution in [0.15, 0.2) is 36.4 Å². The number of hydrogen-bond acceptors (Lipinski definition) is 3. The van der Waals surface area contributed by atoms with Gasteiger partial charge < -0.3 is 9.47 Å². The smallest absolute Gasteiger partial charge is 0.156 e. The fraction of sp³-hybridized carbons (Fsp3) is 0.400. The Kier molecular flexibility index (Phi) is 5.52. The van der Waals surface area contributed by atoms with Crippen molar-refractivity contribution >= 4 is 17.3 Å². The molecule has 0 fully saturated rings. The van der Waals surface area contributed by atoms with Gasteiger partial charge in [-0.2, -0.15) is 5.43 Å². The molecule has 3 rings (SSSR count). The van der Waals surface area contributed by atoms with Crippen LogP contribution in [0, 0.1) is 0 Å². The lowest BCUT2D eigenvalue weighted by Gasteiger charge is -2.34. The number of benzene rings is 2. The lowest BCUT2D eigenvalue weighted by molar-refractivity contribution is 0.229. The van der Waals surface area contributed by atoms with Crippen LogP contribution in [0.4, 0.5) is 5.69 Å². The van der Waals surface area contributed by atoms with E-state index in [1.165, 1.54) is 24.1 Å². The minimum absolute atomic E-state index is 0.672. The minimum Gasteiger partial charge on any atom is -0.497 e. The molecule has 1 unspecified atom stereocenters. The van der Waals surface area contributed by atoms with Crippen molar-refractivity contribution in [2.24, 2.45) is 0 Å². The van der Waals surface area contributed by atoms with Crippen LogP contribution in [0.3, 0.4) is 0 Å². The molecule has 4 nitrogen and oxygen atoms in total.